The number of carbonyl (C=O) groups excluding carboxylic acids is 2. The third kappa shape index (κ3) is 5.34. The van der Waals surface area contributed by atoms with Gasteiger partial charge in [-0.1, -0.05) is 31.5 Å². The van der Waals surface area contributed by atoms with Crippen molar-refractivity contribution in [2.45, 2.75) is 33.7 Å². The van der Waals surface area contributed by atoms with Gasteiger partial charge in [0.2, 0.25) is 5.75 Å². The number of aliphatic hydroxyl groups is 1. The van der Waals surface area contributed by atoms with Gasteiger partial charge in [0.15, 0.2) is 11.5 Å². The fraction of sp³-hybridized carbons (Fsp3) is 0.312. The fourth-order valence-corrected chi connectivity index (χ4v) is 4.75. The van der Waals surface area contributed by atoms with Gasteiger partial charge in [-0.2, -0.15) is 0 Å². The van der Waals surface area contributed by atoms with E-state index < -0.39 is 17.7 Å². The summed E-state index contributed by atoms with van der Waals surface area (Å²) in [6.45, 7) is 8.48. The molecule has 0 saturated carbocycles. The quantitative estimate of drug-likeness (QED) is 0.200. The van der Waals surface area contributed by atoms with E-state index in [2.05, 4.69) is 13.8 Å². The van der Waals surface area contributed by atoms with Gasteiger partial charge in [0.25, 0.3) is 11.7 Å². The van der Waals surface area contributed by atoms with E-state index >= 15 is 0 Å². The van der Waals surface area contributed by atoms with Crippen molar-refractivity contribution in [3.63, 3.8) is 0 Å². The lowest BCUT2D eigenvalue weighted by Gasteiger charge is -2.27. The van der Waals surface area contributed by atoms with Gasteiger partial charge in [0.1, 0.15) is 11.5 Å². The Bertz CT molecular complexity index is 1430. The summed E-state index contributed by atoms with van der Waals surface area (Å²) in [4.78, 5) is 28.5. The number of amides is 1. The second-order valence-electron chi connectivity index (χ2n) is 10.1. The number of aliphatic hydroxyl groups excluding tert-OH is 1. The number of hydrogen-bond donors (Lipinski definition) is 1. The molecule has 8 heteroatoms. The molecule has 1 N–H and O–H groups in total. The van der Waals surface area contributed by atoms with Gasteiger partial charge in [0.05, 0.1) is 39.6 Å². The van der Waals surface area contributed by atoms with Gasteiger partial charge in [0, 0.05) is 11.3 Å². The zero-order chi connectivity index (χ0) is 29.1. The van der Waals surface area contributed by atoms with Gasteiger partial charge >= 0.3 is 0 Å². The number of ether oxygens (including phenoxy) is 4. The molecule has 1 amide bonds. The molecule has 1 saturated heterocycles. The number of aryl methyl sites for hydroxylation is 2. The molecule has 0 radical (unpaired) electrons. The first-order valence-corrected chi connectivity index (χ1v) is 13.0. The first-order valence-electron chi connectivity index (χ1n) is 13.0. The predicted molar refractivity (Wildman–Crippen MR) is 154 cm³/mol. The minimum absolute atomic E-state index is 0.0462. The molecule has 40 heavy (non-hydrogen) atoms. The Labute approximate surface area is 234 Å². The summed E-state index contributed by atoms with van der Waals surface area (Å²) in [5.41, 5.74) is 3.16. The van der Waals surface area contributed by atoms with E-state index in [9.17, 15) is 14.7 Å². The Hall–Kier alpha value is -4.46. The van der Waals surface area contributed by atoms with Crippen LogP contribution < -0.4 is 23.8 Å². The van der Waals surface area contributed by atoms with Gasteiger partial charge in [-0.3, -0.25) is 14.5 Å². The highest BCUT2D eigenvalue weighted by Gasteiger charge is 2.47. The summed E-state index contributed by atoms with van der Waals surface area (Å²) >= 11 is 0. The Morgan fingerprint density at radius 2 is 1.50 bits per heavy atom. The monoisotopic (exact) mass is 545 g/mol. The minimum Gasteiger partial charge on any atom is -0.507 e. The van der Waals surface area contributed by atoms with Crippen molar-refractivity contribution < 1.29 is 33.6 Å². The molecular weight excluding hydrogens is 510 g/mol. The number of hydrogen-bond acceptors (Lipinski definition) is 7. The molecule has 0 spiro atoms. The van der Waals surface area contributed by atoms with Crippen LogP contribution in [0.1, 0.15) is 42.1 Å². The van der Waals surface area contributed by atoms with Crippen LogP contribution in [0.4, 0.5) is 5.69 Å². The van der Waals surface area contributed by atoms with Gasteiger partial charge in [-0.25, -0.2) is 0 Å². The largest absolute Gasteiger partial charge is 0.507 e. The predicted octanol–water partition coefficient (Wildman–Crippen LogP) is 5.99. The number of anilines is 1. The lowest BCUT2D eigenvalue weighted by Crippen LogP contribution is -2.29. The fourth-order valence-electron chi connectivity index (χ4n) is 4.75. The van der Waals surface area contributed by atoms with Crippen molar-refractivity contribution in [2.24, 2.45) is 5.92 Å². The number of Topliss-reactive ketones (excluding diaryl/α,β-unsaturated/α-hetero) is 1. The molecular formula is C32H35NO7. The van der Waals surface area contributed by atoms with Crippen LogP contribution in [0.2, 0.25) is 0 Å². The van der Waals surface area contributed by atoms with Crippen LogP contribution in [0, 0.1) is 19.8 Å². The zero-order valence-corrected chi connectivity index (χ0v) is 23.9. The average molecular weight is 546 g/mol. The topological polar surface area (TPSA) is 94.5 Å². The van der Waals surface area contributed by atoms with Crippen LogP contribution in [0.3, 0.4) is 0 Å². The van der Waals surface area contributed by atoms with Crippen LogP contribution in [0.25, 0.3) is 5.76 Å². The number of carbonyl (C=O) groups is 2. The van der Waals surface area contributed by atoms with E-state index in [-0.39, 0.29) is 11.3 Å². The van der Waals surface area contributed by atoms with E-state index in [1.165, 1.54) is 26.2 Å². The number of methoxy groups -OCH3 is 3. The Kier molecular flexibility index (Phi) is 8.38. The van der Waals surface area contributed by atoms with Crippen molar-refractivity contribution in [3.8, 4) is 23.0 Å². The van der Waals surface area contributed by atoms with E-state index in [4.69, 9.17) is 18.9 Å². The number of rotatable bonds is 9. The van der Waals surface area contributed by atoms with Crippen molar-refractivity contribution in [3.05, 3.63) is 82.4 Å². The zero-order valence-electron chi connectivity index (χ0n) is 23.9. The molecule has 3 aromatic carbocycles. The van der Waals surface area contributed by atoms with Crippen molar-refractivity contribution >= 4 is 23.1 Å². The molecule has 1 atom stereocenters. The van der Waals surface area contributed by atoms with Crippen molar-refractivity contribution in [2.75, 3.05) is 32.8 Å². The molecule has 1 fully saturated rings. The molecule has 1 heterocycles. The molecule has 1 unspecified atom stereocenters. The third-order valence-corrected chi connectivity index (χ3v) is 6.78. The second kappa shape index (κ2) is 11.7. The smallest absolute Gasteiger partial charge is 0.300 e. The SMILES string of the molecule is COc1cc(C2/C(=C(\O)c3ccc(OCC(C)C)c(C)c3)C(=O)C(=O)N2c2ccc(C)cc2)cc(OC)c1OC. The molecule has 4 rings (SSSR count). The number of benzene rings is 3. The molecule has 1 aliphatic rings. The van der Waals surface area contributed by atoms with Gasteiger partial charge in [-0.15, -0.1) is 0 Å². The summed E-state index contributed by atoms with van der Waals surface area (Å²) in [5, 5.41) is 11.6. The maximum atomic E-state index is 13.6. The van der Waals surface area contributed by atoms with E-state index in [1.54, 1.807) is 42.5 Å². The highest BCUT2D eigenvalue weighted by atomic mass is 16.5. The molecule has 0 bridgehead atoms. The lowest BCUT2D eigenvalue weighted by atomic mass is 9.94. The standard InChI is InChI=1S/C32H35NO7/c1-18(2)17-40-24-13-10-21(14-20(24)4)29(34)27-28(22-15-25(37-5)31(39-7)26(16-22)38-6)33(32(36)30(27)35)23-11-8-19(3)9-12-23/h8-16,18,28,34H,17H2,1-7H3/b29-27+. The number of nitrogens with zero attached hydrogens (tertiary/aromatic N) is 1. The lowest BCUT2D eigenvalue weighted by molar-refractivity contribution is -0.132. The van der Waals surface area contributed by atoms with Crippen molar-refractivity contribution in [1.29, 1.82) is 0 Å². The molecule has 0 aromatic heterocycles. The van der Waals surface area contributed by atoms with Crippen LogP contribution in [-0.4, -0.2) is 44.7 Å². The minimum atomic E-state index is -0.964. The Morgan fingerprint density at radius 1 is 0.875 bits per heavy atom. The van der Waals surface area contributed by atoms with Crippen LogP contribution in [0.15, 0.2) is 60.2 Å². The van der Waals surface area contributed by atoms with E-state index in [0.29, 0.717) is 52.3 Å². The summed E-state index contributed by atoms with van der Waals surface area (Å²) in [6.07, 6.45) is 0. The highest BCUT2D eigenvalue weighted by molar-refractivity contribution is 6.51. The summed E-state index contributed by atoms with van der Waals surface area (Å²) < 4.78 is 22.5. The first kappa shape index (κ1) is 28.5. The molecule has 1 aliphatic heterocycles. The molecule has 210 valence electrons. The summed E-state index contributed by atoms with van der Waals surface area (Å²) in [7, 11) is 4.47. The van der Waals surface area contributed by atoms with Crippen LogP contribution in [-0.2, 0) is 9.59 Å². The molecule has 8 nitrogen and oxygen atoms in total. The first-order chi connectivity index (χ1) is 19.1. The van der Waals surface area contributed by atoms with Crippen molar-refractivity contribution in [1.82, 2.24) is 0 Å². The molecule has 0 aliphatic carbocycles. The number of ketones is 1. The normalized spacial score (nSPS) is 16.4. The van der Waals surface area contributed by atoms with Gasteiger partial charge < -0.3 is 24.1 Å². The molecule has 3 aromatic rings. The third-order valence-electron chi connectivity index (χ3n) is 6.78. The highest BCUT2D eigenvalue weighted by Crippen LogP contribution is 2.47. The Morgan fingerprint density at radius 3 is 2.02 bits per heavy atom. The Balaban J connectivity index is 1.93. The summed E-state index contributed by atoms with van der Waals surface area (Å²) in [5.74, 6) is 0.282. The van der Waals surface area contributed by atoms with E-state index in [1.807, 2.05) is 26.0 Å². The maximum Gasteiger partial charge on any atom is 0.300 e. The average Bonchev–Trinajstić information content (AvgIpc) is 3.21. The summed E-state index contributed by atoms with van der Waals surface area (Å²) in [6, 6.07) is 14.9. The maximum absolute atomic E-state index is 13.6. The van der Waals surface area contributed by atoms with Crippen LogP contribution >= 0.6 is 0 Å². The second-order valence-corrected chi connectivity index (χ2v) is 10.1. The van der Waals surface area contributed by atoms with Gasteiger partial charge in [-0.05, 0) is 73.4 Å². The van der Waals surface area contributed by atoms with Crippen LogP contribution in [0.5, 0.6) is 23.0 Å². The van der Waals surface area contributed by atoms with E-state index in [0.717, 1.165) is 11.1 Å².